The van der Waals surface area contributed by atoms with Gasteiger partial charge in [0.15, 0.2) is 0 Å². The number of rotatable bonds is 6. The molecule has 1 unspecified atom stereocenters. The van der Waals surface area contributed by atoms with E-state index >= 15 is 0 Å². The van der Waals surface area contributed by atoms with Crippen LogP contribution in [0.25, 0.3) is 0 Å². The zero-order valence-electron chi connectivity index (χ0n) is 16.2. The van der Waals surface area contributed by atoms with E-state index in [1.165, 1.54) is 6.07 Å². The number of aromatic hydroxyl groups is 1. The highest BCUT2D eigenvalue weighted by Crippen LogP contribution is 2.40. The Morgan fingerprint density at radius 2 is 2.07 bits per heavy atom. The maximum Gasteiger partial charge on any atom is 0.311 e. The van der Waals surface area contributed by atoms with Gasteiger partial charge in [0.05, 0.1) is 9.80 Å². The predicted molar refractivity (Wildman–Crippen MR) is 112 cm³/mol. The van der Waals surface area contributed by atoms with Gasteiger partial charge in [0.25, 0.3) is 0 Å². The van der Waals surface area contributed by atoms with Crippen molar-refractivity contribution in [3.05, 3.63) is 78.3 Å². The van der Waals surface area contributed by atoms with Crippen molar-refractivity contribution in [3.63, 3.8) is 0 Å². The molecule has 0 aliphatic carbocycles. The van der Waals surface area contributed by atoms with Crippen molar-refractivity contribution in [2.75, 3.05) is 6.61 Å². The topological polar surface area (TPSA) is 115 Å². The number of nitro benzene ring substituents is 1. The molecular formula is C21H20N2O6S. The Bertz CT molecular complexity index is 1140. The number of thiazole rings is 1. The molecule has 0 radical (unpaired) electrons. The molecule has 0 saturated heterocycles. The van der Waals surface area contributed by atoms with Crippen molar-refractivity contribution >= 4 is 17.0 Å². The molecule has 0 fully saturated rings. The number of aryl methyl sites for hydroxylation is 1. The van der Waals surface area contributed by atoms with Gasteiger partial charge in [-0.05, 0) is 37.5 Å². The molecule has 156 valence electrons. The van der Waals surface area contributed by atoms with Gasteiger partial charge < -0.3 is 14.6 Å². The minimum atomic E-state index is -0.680. The first-order valence-electron chi connectivity index (χ1n) is 9.41. The smallest absolute Gasteiger partial charge is 0.311 e. The Labute approximate surface area is 175 Å². The molecule has 1 aliphatic heterocycles. The van der Waals surface area contributed by atoms with E-state index in [9.17, 15) is 20.0 Å². The SMILES string of the molecule is CC1(COc2ccc(Cc3sc(=O)[nH]c3O)cc2)CCc2cccc([N+](=O)[O-])c2O1. The van der Waals surface area contributed by atoms with E-state index in [0.717, 1.165) is 22.5 Å². The second kappa shape index (κ2) is 7.83. The lowest BCUT2D eigenvalue weighted by atomic mass is 9.93. The number of hydrogen-bond donors (Lipinski definition) is 2. The summed E-state index contributed by atoms with van der Waals surface area (Å²) in [6, 6.07) is 12.3. The minimum Gasteiger partial charge on any atom is -0.494 e. The fraction of sp³-hybridized carbons (Fsp3) is 0.286. The number of para-hydroxylation sites is 1. The lowest BCUT2D eigenvalue weighted by molar-refractivity contribution is -0.386. The quantitative estimate of drug-likeness (QED) is 0.456. The third kappa shape index (κ3) is 4.16. The summed E-state index contributed by atoms with van der Waals surface area (Å²) < 4.78 is 11.9. The summed E-state index contributed by atoms with van der Waals surface area (Å²) >= 11 is 0.983. The highest BCUT2D eigenvalue weighted by atomic mass is 32.1. The molecule has 4 rings (SSSR count). The van der Waals surface area contributed by atoms with Gasteiger partial charge in [0, 0.05) is 18.1 Å². The highest BCUT2D eigenvalue weighted by Gasteiger charge is 2.36. The molecule has 2 aromatic carbocycles. The molecule has 1 aliphatic rings. The van der Waals surface area contributed by atoms with Crippen LogP contribution in [0.3, 0.4) is 0 Å². The molecule has 2 N–H and O–H groups in total. The van der Waals surface area contributed by atoms with Crippen LogP contribution in [0.5, 0.6) is 17.4 Å². The van der Waals surface area contributed by atoms with Crippen LogP contribution in [0.15, 0.2) is 47.3 Å². The van der Waals surface area contributed by atoms with Gasteiger partial charge in [-0.25, -0.2) is 0 Å². The number of nitrogens with zero attached hydrogens (tertiary/aromatic N) is 1. The van der Waals surface area contributed by atoms with Gasteiger partial charge in [0.1, 0.15) is 18.0 Å². The number of H-pyrrole nitrogens is 1. The molecule has 3 aromatic rings. The number of fused-ring (bicyclic) bond motifs is 1. The van der Waals surface area contributed by atoms with Crippen molar-refractivity contribution in [1.82, 2.24) is 4.98 Å². The molecule has 8 nitrogen and oxygen atoms in total. The average Bonchev–Trinajstić information content (AvgIpc) is 3.03. The molecule has 1 aromatic heterocycles. The third-order valence-electron chi connectivity index (χ3n) is 5.08. The standard InChI is InChI=1S/C21H20N2O6S/c1-21(10-9-14-3-2-4-16(23(26)27)18(14)29-21)12-28-15-7-5-13(6-8-15)11-17-19(24)22-20(25)30-17/h2-8,24H,9-12H2,1H3,(H,22,25). The first-order valence-corrected chi connectivity index (χ1v) is 10.2. The lowest BCUT2D eigenvalue weighted by Gasteiger charge is -2.35. The Kier molecular flexibility index (Phi) is 5.21. The van der Waals surface area contributed by atoms with Crippen LogP contribution in [0.4, 0.5) is 5.69 Å². The maximum absolute atomic E-state index is 11.3. The summed E-state index contributed by atoms with van der Waals surface area (Å²) in [7, 11) is 0. The van der Waals surface area contributed by atoms with E-state index in [-0.39, 0.29) is 23.0 Å². The highest BCUT2D eigenvalue weighted by molar-refractivity contribution is 7.09. The van der Waals surface area contributed by atoms with Crippen LogP contribution in [-0.4, -0.2) is 27.2 Å². The molecular weight excluding hydrogens is 408 g/mol. The van der Waals surface area contributed by atoms with E-state index in [2.05, 4.69) is 4.98 Å². The summed E-state index contributed by atoms with van der Waals surface area (Å²) in [6.07, 6.45) is 1.81. The Morgan fingerprint density at radius 3 is 2.73 bits per heavy atom. The van der Waals surface area contributed by atoms with Gasteiger partial charge in [-0.3, -0.25) is 19.9 Å². The van der Waals surface area contributed by atoms with Gasteiger partial charge in [-0.2, -0.15) is 0 Å². The number of aromatic amines is 1. The second-order valence-corrected chi connectivity index (χ2v) is 8.54. The first-order chi connectivity index (χ1) is 14.3. The first kappa shape index (κ1) is 20.0. The van der Waals surface area contributed by atoms with Gasteiger partial charge in [0.2, 0.25) is 11.6 Å². The number of benzene rings is 2. The fourth-order valence-electron chi connectivity index (χ4n) is 3.42. The van der Waals surface area contributed by atoms with Gasteiger partial charge in [-0.1, -0.05) is 35.6 Å². The van der Waals surface area contributed by atoms with Crippen LogP contribution in [0.2, 0.25) is 0 Å². The number of nitro groups is 1. The van der Waals surface area contributed by atoms with Gasteiger partial charge >= 0.3 is 10.6 Å². The summed E-state index contributed by atoms with van der Waals surface area (Å²) in [4.78, 5) is 24.8. The van der Waals surface area contributed by atoms with Crippen molar-refractivity contribution in [3.8, 4) is 17.4 Å². The molecule has 2 heterocycles. The van der Waals surface area contributed by atoms with Crippen LogP contribution >= 0.6 is 11.3 Å². The van der Waals surface area contributed by atoms with Crippen molar-refractivity contribution < 1.29 is 19.5 Å². The van der Waals surface area contributed by atoms with Crippen molar-refractivity contribution in [2.45, 2.75) is 31.8 Å². The van der Waals surface area contributed by atoms with Crippen molar-refractivity contribution in [1.29, 1.82) is 0 Å². The van der Waals surface area contributed by atoms with E-state index in [0.29, 0.717) is 35.6 Å². The van der Waals surface area contributed by atoms with Crippen LogP contribution < -0.4 is 14.3 Å². The van der Waals surface area contributed by atoms with Crippen LogP contribution in [-0.2, 0) is 12.8 Å². The number of nitrogens with one attached hydrogen (secondary N) is 1. The summed E-state index contributed by atoms with van der Waals surface area (Å²) in [6.45, 7) is 2.13. The Hall–Kier alpha value is -3.33. The molecule has 0 saturated carbocycles. The van der Waals surface area contributed by atoms with E-state index in [4.69, 9.17) is 9.47 Å². The molecule has 9 heteroatoms. The Balaban J connectivity index is 1.42. The summed E-state index contributed by atoms with van der Waals surface area (Å²) in [5.74, 6) is 0.867. The van der Waals surface area contributed by atoms with E-state index in [1.54, 1.807) is 6.07 Å². The summed E-state index contributed by atoms with van der Waals surface area (Å²) in [5, 5.41) is 21.0. The van der Waals surface area contributed by atoms with Gasteiger partial charge in [-0.15, -0.1) is 0 Å². The zero-order valence-corrected chi connectivity index (χ0v) is 17.0. The average molecular weight is 428 g/mol. The summed E-state index contributed by atoms with van der Waals surface area (Å²) in [5.41, 5.74) is 1.05. The zero-order chi connectivity index (χ0) is 21.3. The van der Waals surface area contributed by atoms with E-state index in [1.807, 2.05) is 37.3 Å². The lowest BCUT2D eigenvalue weighted by Crippen LogP contribution is -2.42. The molecule has 0 amide bonds. The number of hydrogen-bond acceptors (Lipinski definition) is 7. The monoisotopic (exact) mass is 428 g/mol. The fourth-order valence-corrected chi connectivity index (χ4v) is 4.18. The third-order valence-corrected chi connectivity index (χ3v) is 5.95. The molecule has 0 bridgehead atoms. The van der Waals surface area contributed by atoms with Crippen LogP contribution in [0.1, 0.15) is 29.3 Å². The largest absolute Gasteiger partial charge is 0.494 e. The molecule has 30 heavy (non-hydrogen) atoms. The number of aromatic nitrogens is 1. The van der Waals surface area contributed by atoms with Crippen molar-refractivity contribution in [2.24, 2.45) is 0 Å². The second-order valence-electron chi connectivity index (χ2n) is 7.47. The molecule has 1 atom stereocenters. The van der Waals surface area contributed by atoms with Crippen LogP contribution in [0, 0.1) is 10.1 Å². The van der Waals surface area contributed by atoms with E-state index < -0.39 is 10.5 Å². The maximum atomic E-state index is 11.3. The Morgan fingerprint density at radius 1 is 1.30 bits per heavy atom. The molecule has 0 spiro atoms. The number of ether oxygens (including phenoxy) is 2. The normalized spacial score (nSPS) is 17.8. The minimum absolute atomic E-state index is 0.0295. The predicted octanol–water partition coefficient (Wildman–Crippen LogP) is 3.80.